The SMILES string of the molecule is C[S+]([O-])c1nc2c(c(N3CCN[C@@H](CC#N)C3)n1)CCN(c1cccc3cccc(Cl)c13)C2. The van der Waals surface area contributed by atoms with Crippen LogP contribution in [0.5, 0.6) is 0 Å². The van der Waals surface area contributed by atoms with Crippen molar-refractivity contribution < 1.29 is 4.55 Å². The molecule has 5 rings (SSSR count). The smallest absolute Gasteiger partial charge is 0.344 e. The van der Waals surface area contributed by atoms with Gasteiger partial charge in [0.05, 0.1) is 29.8 Å². The molecule has 1 N–H and O–H groups in total. The lowest BCUT2D eigenvalue weighted by molar-refractivity contribution is 0.457. The van der Waals surface area contributed by atoms with Crippen molar-refractivity contribution in [3.8, 4) is 6.07 Å². The van der Waals surface area contributed by atoms with Crippen LogP contribution in [0.4, 0.5) is 11.5 Å². The predicted molar refractivity (Wildman–Crippen MR) is 132 cm³/mol. The van der Waals surface area contributed by atoms with Gasteiger partial charge in [-0.2, -0.15) is 15.2 Å². The summed E-state index contributed by atoms with van der Waals surface area (Å²) in [7, 11) is 0. The Bertz CT molecular complexity index is 1220. The van der Waals surface area contributed by atoms with Crippen LogP contribution in [0.1, 0.15) is 17.7 Å². The van der Waals surface area contributed by atoms with Crippen molar-refractivity contribution in [2.45, 2.75) is 30.6 Å². The molecule has 1 saturated heterocycles. The largest absolute Gasteiger partial charge is 0.609 e. The van der Waals surface area contributed by atoms with E-state index in [-0.39, 0.29) is 6.04 Å². The molecule has 7 nitrogen and oxygen atoms in total. The van der Waals surface area contributed by atoms with Crippen LogP contribution in [0.3, 0.4) is 0 Å². The highest BCUT2D eigenvalue weighted by atomic mass is 35.5. The van der Waals surface area contributed by atoms with Gasteiger partial charge in [-0.1, -0.05) is 35.9 Å². The summed E-state index contributed by atoms with van der Waals surface area (Å²) in [5.41, 5.74) is 3.11. The minimum absolute atomic E-state index is 0.0999. The fourth-order valence-corrected chi connectivity index (χ4v) is 5.52. The lowest BCUT2D eigenvalue weighted by Gasteiger charge is -2.37. The molecule has 0 bridgehead atoms. The molecular weight excluding hydrogens is 456 g/mol. The van der Waals surface area contributed by atoms with Gasteiger partial charge < -0.3 is 19.7 Å². The summed E-state index contributed by atoms with van der Waals surface area (Å²) in [6.45, 7) is 3.71. The fourth-order valence-electron chi connectivity index (χ4n) is 4.79. The van der Waals surface area contributed by atoms with Crippen LogP contribution in [-0.4, -0.2) is 53.0 Å². The molecule has 1 fully saturated rings. The summed E-state index contributed by atoms with van der Waals surface area (Å²) in [6.07, 6.45) is 2.85. The Balaban J connectivity index is 1.53. The molecule has 0 saturated carbocycles. The Morgan fingerprint density at radius 1 is 1.21 bits per heavy atom. The summed E-state index contributed by atoms with van der Waals surface area (Å²) in [5, 5.41) is 15.8. The van der Waals surface area contributed by atoms with E-state index in [0.717, 1.165) is 64.6 Å². The van der Waals surface area contributed by atoms with E-state index in [0.29, 0.717) is 24.7 Å². The van der Waals surface area contributed by atoms with E-state index in [1.54, 1.807) is 6.26 Å². The van der Waals surface area contributed by atoms with Crippen LogP contribution in [-0.2, 0) is 24.1 Å². The zero-order chi connectivity index (χ0) is 22.9. The second kappa shape index (κ2) is 9.35. The number of hydrogen-bond donors (Lipinski definition) is 1. The van der Waals surface area contributed by atoms with Crippen LogP contribution in [0.15, 0.2) is 41.6 Å². The fraction of sp³-hybridized carbons (Fsp3) is 0.375. The summed E-state index contributed by atoms with van der Waals surface area (Å²) in [4.78, 5) is 14.0. The molecule has 2 aliphatic rings. The van der Waals surface area contributed by atoms with Gasteiger partial charge in [0.2, 0.25) is 0 Å². The highest BCUT2D eigenvalue weighted by molar-refractivity contribution is 7.90. The van der Waals surface area contributed by atoms with E-state index >= 15 is 0 Å². The van der Waals surface area contributed by atoms with Gasteiger partial charge in [0.1, 0.15) is 12.1 Å². The first-order valence-corrected chi connectivity index (χ1v) is 13.0. The molecular formula is C24H25ClN6OS. The Hall–Kier alpha value is -2.57. The van der Waals surface area contributed by atoms with Crippen molar-refractivity contribution in [3.63, 3.8) is 0 Å². The minimum Gasteiger partial charge on any atom is -0.609 e. The van der Waals surface area contributed by atoms with Crippen LogP contribution < -0.4 is 15.1 Å². The topological polar surface area (TPSA) is 91.1 Å². The number of anilines is 2. The van der Waals surface area contributed by atoms with Gasteiger partial charge in [0.15, 0.2) is 0 Å². The Labute approximate surface area is 201 Å². The van der Waals surface area contributed by atoms with Crippen LogP contribution in [0.25, 0.3) is 10.8 Å². The van der Waals surface area contributed by atoms with Crippen LogP contribution in [0.2, 0.25) is 5.02 Å². The molecule has 3 aromatic rings. The van der Waals surface area contributed by atoms with Crippen molar-refractivity contribution in [2.24, 2.45) is 0 Å². The summed E-state index contributed by atoms with van der Waals surface area (Å²) in [5.74, 6) is 0.866. The van der Waals surface area contributed by atoms with E-state index in [9.17, 15) is 4.55 Å². The van der Waals surface area contributed by atoms with Crippen molar-refractivity contribution in [1.82, 2.24) is 15.3 Å². The molecule has 1 aromatic heterocycles. The van der Waals surface area contributed by atoms with Gasteiger partial charge in [-0.3, -0.25) is 0 Å². The number of nitrogens with zero attached hydrogens (tertiary/aromatic N) is 5. The monoisotopic (exact) mass is 480 g/mol. The Morgan fingerprint density at radius 2 is 2.03 bits per heavy atom. The number of rotatable bonds is 4. The number of nitriles is 1. The number of benzene rings is 2. The highest BCUT2D eigenvalue weighted by Crippen LogP contribution is 2.36. The van der Waals surface area contributed by atoms with Gasteiger partial charge in [0, 0.05) is 60.0 Å². The first kappa shape index (κ1) is 22.2. The molecule has 2 aliphatic heterocycles. The normalized spacial score (nSPS) is 19.3. The summed E-state index contributed by atoms with van der Waals surface area (Å²) < 4.78 is 12.4. The average molecular weight is 481 g/mol. The van der Waals surface area contributed by atoms with E-state index in [2.05, 4.69) is 45.5 Å². The first-order valence-electron chi connectivity index (χ1n) is 11.1. The van der Waals surface area contributed by atoms with Gasteiger partial charge in [-0.05, 0) is 23.9 Å². The molecule has 170 valence electrons. The van der Waals surface area contributed by atoms with Gasteiger partial charge in [-0.25, -0.2) is 0 Å². The summed E-state index contributed by atoms with van der Waals surface area (Å²) >= 11 is 5.29. The number of halogens is 1. The maximum atomic E-state index is 12.4. The van der Waals surface area contributed by atoms with E-state index in [4.69, 9.17) is 26.8 Å². The second-order valence-corrected chi connectivity index (χ2v) is 10.1. The number of aromatic nitrogens is 2. The Kier molecular flexibility index (Phi) is 6.30. The molecule has 2 aromatic carbocycles. The average Bonchev–Trinajstić information content (AvgIpc) is 2.83. The Morgan fingerprint density at radius 3 is 2.82 bits per heavy atom. The molecule has 2 atom stereocenters. The first-order chi connectivity index (χ1) is 16.0. The zero-order valence-electron chi connectivity index (χ0n) is 18.4. The van der Waals surface area contributed by atoms with Gasteiger partial charge >= 0.3 is 5.16 Å². The molecule has 0 aliphatic carbocycles. The predicted octanol–water partition coefficient (Wildman–Crippen LogP) is 3.28. The summed E-state index contributed by atoms with van der Waals surface area (Å²) in [6, 6.07) is 14.5. The maximum absolute atomic E-state index is 12.4. The molecule has 0 spiro atoms. The highest BCUT2D eigenvalue weighted by Gasteiger charge is 2.30. The van der Waals surface area contributed by atoms with Crippen LogP contribution in [0, 0.1) is 11.3 Å². The van der Waals surface area contributed by atoms with Crippen molar-refractivity contribution in [1.29, 1.82) is 5.26 Å². The molecule has 0 amide bonds. The number of hydrogen-bond acceptors (Lipinski definition) is 7. The quantitative estimate of drug-likeness (QED) is 0.452. The second-order valence-electron chi connectivity index (χ2n) is 8.46. The molecule has 33 heavy (non-hydrogen) atoms. The maximum Gasteiger partial charge on any atom is 0.344 e. The zero-order valence-corrected chi connectivity index (χ0v) is 20.0. The third kappa shape index (κ3) is 4.34. The number of fused-ring (bicyclic) bond motifs is 2. The van der Waals surface area contributed by atoms with E-state index in [1.807, 2.05) is 12.1 Å². The van der Waals surface area contributed by atoms with Crippen LogP contribution >= 0.6 is 11.6 Å². The third-order valence-corrected chi connectivity index (χ3v) is 7.36. The molecule has 0 radical (unpaired) electrons. The molecule has 3 heterocycles. The number of nitrogens with one attached hydrogen (secondary N) is 1. The lowest BCUT2D eigenvalue weighted by atomic mass is 10.0. The van der Waals surface area contributed by atoms with Crippen molar-refractivity contribution in [3.05, 3.63) is 52.7 Å². The molecule has 1 unspecified atom stereocenters. The van der Waals surface area contributed by atoms with Crippen molar-refractivity contribution in [2.75, 3.05) is 42.2 Å². The van der Waals surface area contributed by atoms with E-state index in [1.165, 1.54) is 0 Å². The number of piperazine rings is 1. The van der Waals surface area contributed by atoms with E-state index < -0.39 is 11.2 Å². The lowest BCUT2D eigenvalue weighted by Crippen LogP contribution is -2.51. The van der Waals surface area contributed by atoms with Crippen molar-refractivity contribution >= 4 is 45.1 Å². The molecule has 9 heteroatoms. The standard InChI is InChI=1S/C24H25ClN6OS/c1-33(32)24-28-20-15-30(21-7-3-5-16-4-2-6-19(25)22(16)21)12-9-18(20)23(29-24)31-13-11-27-17(14-31)8-10-26/h2-7,17,27H,8-9,11-15H2,1H3/t17-,33?/m0/s1. The third-order valence-electron chi connectivity index (χ3n) is 6.35. The minimum atomic E-state index is -1.29. The van der Waals surface area contributed by atoms with Gasteiger partial charge in [0.25, 0.3) is 0 Å². The van der Waals surface area contributed by atoms with Gasteiger partial charge in [-0.15, -0.1) is 0 Å².